The third-order valence-corrected chi connectivity index (χ3v) is 2.92. The maximum Gasteiger partial charge on any atom is 0.159 e. The Hall–Kier alpha value is -1.68. The highest BCUT2D eigenvalue weighted by Gasteiger charge is 2.14. The van der Waals surface area contributed by atoms with Gasteiger partial charge in [-0.15, -0.1) is 0 Å². The average molecular weight is 251 g/mol. The zero-order valence-electron chi connectivity index (χ0n) is 10.3. The van der Waals surface area contributed by atoms with Crippen LogP contribution in [0.1, 0.15) is 28.7 Å². The van der Waals surface area contributed by atoms with Crippen molar-refractivity contribution in [2.24, 2.45) is 5.73 Å². The third-order valence-electron chi connectivity index (χ3n) is 2.92. The molecule has 0 spiro atoms. The average Bonchev–Trinajstić information content (AvgIpc) is 2.63. The van der Waals surface area contributed by atoms with Crippen LogP contribution >= 0.6 is 0 Å². The van der Waals surface area contributed by atoms with Crippen molar-refractivity contribution in [1.82, 2.24) is 0 Å². The fraction of sp³-hybridized carbons (Fsp3) is 0.286. The molecule has 1 atom stereocenters. The lowest BCUT2D eigenvalue weighted by Crippen LogP contribution is -2.13. The summed E-state index contributed by atoms with van der Waals surface area (Å²) in [6.07, 6.45) is 0.441. The molecule has 1 unspecified atom stereocenters. The van der Waals surface area contributed by atoms with Crippen LogP contribution in [0.3, 0.4) is 0 Å². The van der Waals surface area contributed by atoms with E-state index in [1.807, 2.05) is 19.9 Å². The van der Waals surface area contributed by atoms with Gasteiger partial charge in [-0.05, 0) is 44.0 Å². The second kappa shape index (κ2) is 4.90. The van der Waals surface area contributed by atoms with Gasteiger partial charge in [0.25, 0.3) is 0 Å². The number of halogens is 2. The Morgan fingerprint density at radius 2 is 1.89 bits per heavy atom. The standard InChI is InChI=1S/C14H15F2NO/c1-8-5-11(9(2)18-8)14(17)7-10-3-4-12(15)13(16)6-10/h3-6,14H,7,17H2,1-2H3. The predicted molar refractivity (Wildman–Crippen MR) is 65.2 cm³/mol. The summed E-state index contributed by atoms with van der Waals surface area (Å²) in [4.78, 5) is 0. The number of hydrogen-bond acceptors (Lipinski definition) is 2. The van der Waals surface area contributed by atoms with Crippen molar-refractivity contribution in [2.45, 2.75) is 26.3 Å². The predicted octanol–water partition coefficient (Wildman–Crippen LogP) is 3.42. The van der Waals surface area contributed by atoms with Gasteiger partial charge in [-0.2, -0.15) is 0 Å². The first-order chi connectivity index (χ1) is 8.47. The molecule has 0 radical (unpaired) electrons. The molecule has 0 bridgehead atoms. The zero-order valence-corrected chi connectivity index (χ0v) is 10.3. The van der Waals surface area contributed by atoms with Gasteiger partial charge < -0.3 is 10.2 Å². The maximum absolute atomic E-state index is 13.1. The molecule has 0 amide bonds. The van der Waals surface area contributed by atoms with E-state index in [4.69, 9.17) is 10.2 Å². The largest absolute Gasteiger partial charge is 0.466 e. The molecule has 2 nitrogen and oxygen atoms in total. The van der Waals surface area contributed by atoms with Crippen LogP contribution in [-0.4, -0.2) is 0 Å². The number of aryl methyl sites for hydroxylation is 2. The quantitative estimate of drug-likeness (QED) is 0.907. The van der Waals surface area contributed by atoms with Crippen LogP contribution in [0.25, 0.3) is 0 Å². The van der Waals surface area contributed by atoms with Crippen LogP contribution in [0.5, 0.6) is 0 Å². The van der Waals surface area contributed by atoms with Crippen molar-refractivity contribution in [3.05, 3.63) is 58.5 Å². The van der Waals surface area contributed by atoms with Crippen molar-refractivity contribution >= 4 is 0 Å². The lowest BCUT2D eigenvalue weighted by Gasteiger charge is -2.11. The molecule has 1 aromatic heterocycles. The van der Waals surface area contributed by atoms with Crippen molar-refractivity contribution in [3.8, 4) is 0 Å². The van der Waals surface area contributed by atoms with Crippen LogP contribution in [0.2, 0.25) is 0 Å². The van der Waals surface area contributed by atoms with E-state index in [1.165, 1.54) is 6.07 Å². The van der Waals surface area contributed by atoms with Crippen LogP contribution in [0, 0.1) is 25.5 Å². The lowest BCUT2D eigenvalue weighted by atomic mass is 10.00. The van der Waals surface area contributed by atoms with Crippen molar-refractivity contribution in [1.29, 1.82) is 0 Å². The Kier molecular flexibility index (Phi) is 3.48. The van der Waals surface area contributed by atoms with Gasteiger partial charge >= 0.3 is 0 Å². The fourth-order valence-corrected chi connectivity index (χ4v) is 2.05. The van der Waals surface area contributed by atoms with E-state index >= 15 is 0 Å². The SMILES string of the molecule is Cc1cc(C(N)Cc2ccc(F)c(F)c2)c(C)o1. The summed E-state index contributed by atoms with van der Waals surface area (Å²) in [5.41, 5.74) is 7.62. The number of hydrogen-bond donors (Lipinski definition) is 1. The van der Waals surface area contributed by atoms with Crippen LogP contribution in [-0.2, 0) is 6.42 Å². The first-order valence-corrected chi connectivity index (χ1v) is 5.74. The Labute approximate surface area is 104 Å². The van der Waals surface area contributed by atoms with Gasteiger partial charge in [-0.1, -0.05) is 6.07 Å². The van der Waals surface area contributed by atoms with Crippen molar-refractivity contribution < 1.29 is 13.2 Å². The molecule has 1 heterocycles. The highest BCUT2D eigenvalue weighted by atomic mass is 19.2. The molecule has 18 heavy (non-hydrogen) atoms. The second-order valence-electron chi connectivity index (χ2n) is 4.43. The molecule has 96 valence electrons. The molecule has 0 saturated carbocycles. The summed E-state index contributed by atoms with van der Waals surface area (Å²) in [5, 5.41) is 0. The minimum absolute atomic E-state index is 0.285. The van der Waals surface area contributed by atoms with Gasteiger partial charge in [0.2, 0.25) is 0 Å². The Morgan fingerprint density at radius 1 is 1.17 bits per heavy atom. The van der Waals surface area contributed by atoms with Gasteiger partial charge in [0.15, 0.2) is 11.6 Å². The number of benzene rings is 1. The highest BCUT2D eigenvalue weighted by molar-refractivity contribution is 5.27. The Bertz CT molecular complexity index is 563. The first kappa shape index (κ1) is 12.8. The molecule has 2 rings (SSSR count). The van der Waals surface area contributed by atoms with E-state index in [-0.39, 0.29) is 6.04 Å². The molecule has 0 aliphatic heterocycles. The topological polar surface area (TPSA) is 39.2 Å². The molecule has 2 N–H and O–H groups in total. The molecule has 2 aromatic rings. The van der Waals surface area contributed by atoms with Gasteiger partial charge in [0, 0.05) is 11.6 Å². The summed E-state index contributed by atoms with van der Waals surface area (Å²) in [6, 6.07) is 5.43. The molecular weight excluding hydrogens is 236 g/mol. The van der Waals surface area contributed by atoms with E-state index in [2.05, 4.69) is 0 Å². The molecule has 4 heteroatoms. The minimum Gasteiger partial charge on any atom is -0.466 e. The van der Waals surface area contributed by atoms with E-state index in [0.717, 1.165) is 23.2 Å². The lowest BCUT2D eigenvalue weighted by molar-refractivity contribution is 0.496. The number of furan rings is 1. The van der Waals surface area contributed by atoms with E-state index in [0.29, 0.717) is 12.0 Å². The van der Waals surface area contributed by atoms with E-state index in [9.17, 15) is 8.78 Å². The normalized spacial score (nSPS) is 12.7. The maximum atomic E-state index is 13.1. The molecule has 0 aliphatic rings. The van der Waals surface area contributed by atoms with Gasteiger partial charge in [0.1, 0.15) is 11.5 Å². The van der Waals surface area contributed by atoms with Gasteiger partial charge in [0.05, 0.1) is 0 Å². The Morgan fingerprint density at radius 3 is 2.44 bits per heavy atom. The molecular formula is C14H15F2NO. The molecule has 0 fully saturated rings. The molecule has 0 aliphatic carbocycles. The van der Waals surface area contributed by atoms with Crippen LogP contribution in [0.15, 0.2) is 28.7 Å². The van der Waals surface area contributed by atoms with Crippen molar-refractivity contribution in [2.75, 3.05) is 0 Å². The third kappa shape index (κ3) is 2.59. The monoisotopic (exact) mass is 251 g/mol. The smallest absolute Gasteiger partial charge is 0.159 e. The number of rotatable bonds is 3. The Balaban J connectivity index is 2.18. The van der Waals surface area contributed by atoms with Gasteiger partial charge in [-0.3, -0.25) is 0 Å². The highest BCUT2D eigenvalue weighted by Crippen LogP contribution is 2.23. The minimum atomic E-state index is -0.847. The summed E-state index contributed by atoms with van der Waals surface area (Å²) in [6.45, 7) is 3.69. The molecule has 1 aromatic carbocycles. The van der Waals surface area contributed by atoms with E-state index < -0.39 is 11.6 Å². The zero-order chi connectivity index (χ0) is 13.3. The first-order valence-electron chi connectivity index (χ1n) is 5.74. The van der Waals surface area contributed by atoms with E-state index in [1.54, 1.807) is 6.07 Å². The molecule has 0 saturated heterocycles. The number of nitrogens with two attached hydrogens (primary N) is 1. The van der Waals surface area contributed by atoms with Gasteiger partial charge in [-0.25, -0.2) is 8.78 Å². The fourth-order valence-electron chi connectivity index (χ4n) is 2.05. The second-order valence-corrected chi connectivity index (χ2v) is 4.43. The summed E-state index contributed by atoms with van der Waals surface area (Å²) in [7, 11) is 0. The summed E-state index contributed by atoms with van der Waals surface area (Å²) >= 11 is 0. The van der Waals surface area contributed by atoms with Crippen molar-refractivity contribution in [3.63, 3.8) is 0 Å². The summed E-state index contributed by atoms with van der Waals surface area (Å²) < 4.78 is 31.3. The summed E-state index contributed by atoms with van der Waals surface area (Å²) in [5.74, 6) is -0.131. The van der Waals surface area contributed by atoms with Crippen LogP contribution in [0.4, 0.5) is 8.78 Å². The van der Waals surface area contributed by atoms with Crippen LogP contribution < -0.4 is 5.73 Å².